The van der Waals surface area contributed by atoms with Gasteiger partial charge in [0.05, 0.1) is 17.3 Å². The summed E-state index contributed by atoms with van der Waals surface area (Å²) in [5, 5.41) is 5.74. The van der Waals surface area contributed by atoms with Crippen molar-refractivity contribution in [1.29, 1.82) is 0 Å². The molecule has 4 rings (SSSR count). The highest BCUT2D eigenvalue weighted by molar-refractivity contribution is 6.00. The molecule has 1 atom stereocenters. The van der Waals surface area contributed by atoms with Gasteiger partial charge in [-0.25, -0.2) is 9.59 Å². The molecule has 0 saturated carbocycles. The Balaban J connectivity index is 1.59. The summed E-state index contributed by atoms with van der Waals surface area (Å²) in [6.45, 7) is 5.82. The zero-order chi connectivity index (χ0) is 22.1. The summed E-state index contributed by atoms with van der Waals surface area (Å²) in [6.07, 6.45) is 0. The van der Waals surface area contributed by atoms with E-state index in [9.17, 15) is 14.4 Å². The second kappa shape index (κ2) is 8.26. The number of esters is 1. The first-order chi connectivity index (χ1) is 14.8. The molecule has 0 spiro atoms. The molecule has 0 aromatic heterocycles. The quantitative estimate of drug-likeness (QED) is 0.725. The molecule has 3 amide bonds. The molecule has 1 unspecified atom stereocenters. The fourth-order valence-corrected chi connectivity index (χ4v) is 3.93. The summed E-state index contributed by atoms with van der Waals surface area (Å²) in [7, 11) is 0. The van der Waals surface area contributed by atoms with Gasteiger partial charge in [0.2, 0.25) is 5.91 Å². The van der Waals surface area contributed by atoms with Crippen LogP contribution in [0.5, 0.6) is 0 Å². The van der Waals surface area contributed by atoms with Crippen LogP contribution >= 0.6 is 0 Å². The Bertz CT molecular complexity index is 1070. The number of nitrogens with zero attached hydrogens (tertiary/aromatic N) is 1. The predicted molar refractivity (Wildman–Crippen MR) is 116 cm³/mol. The van der Waals surface area contributed by atoms with Crippen LogP contribution in [0.3, 0.4) is 0 Å². The summed E-state index contributed by atoms with van der Waals surface area (Å²) >= 11 is 0. The van der Waals surface area contributed by atoms with E-state index in [1.807, 2.05) is 69.3 Å². The van der Waals surface area contributed by atoms with Gasteiger partial charge in [0.1, 0.15) is 13.2 Å². The van der Waals surface area contributed by atoms with E-state index in [0.29, 0.717) is 17.0 Å². The molecular formula is C24H25N3O4. The highest BCUT2D eigenvalue weighted by atomic mass is 16.5. The standard InChI is InChI=1S/C24H25N3O4/c1-14(2)17-6-4-5-7-18(17)25-20(28)12-27-19-13-31-23(29)21(19)22(26-24(27)30)16-10-8-15(3)9-11-16/h4-11,14,22H,12-13H2,1-3H3,(H,25,28)(H,26,30). The number of rotatable bonds is 5. The van der Waals surface area contributed by atoms with Crippen LogP contribution in [-0.2, 0) is 14.3 Å². The van der Waals surface area contributed by atoms with Crippen LogP contribution in [0.4, 0.5) is 10.5 Å². The zero-order valence-corrected chi connectivity index (χ0v) is 17.8. The van der Waals surface area contributed by atoms with Crippen molar-refractivity contribution < 1.29 is 19.1 Å². The second-order valence-electron chi connectivity index (χ2n) is 8.11. The summed E-state index contributed by atoms with van der Waals surface area (Å²) in [5.74, 6) is -0.584. The van der Waals surface area contributed by atoms with Gasteiger partial charge < -0.3 is 15.4 Å². The van der Waals surface area contributed by atoms with Crippen LogP contribution < -0.4 is 10.6 Å². The van der Waals surface area contributed by atoms with Crippen molar-refractivity contribution in [3.05, 3.63) is 76.5 Å². The molecule has 2 N–H and O–H groups in total. The van der Waals surface area contributed by atoms with Crippen molar-refractivity contribution >= 4 is 23.6 Å². The first kappa shape index (κ1) is 20.7. The predicted octanol–water partition coefficient (Wildman–Crippen LogP) is 3.63. The third-order valence-electron chi connectivity index (χ3n) is 5.57. The SMILES string of the molecule is Cc1ccc(C2NC(=O)N(CC(=O)Nc3ccccc3C(C)C)C3=C2C(=O)OC3)cc1. The Morgan fingerprint density at radius 2 is 1.87 bits per heavy atom. The lowest BCUT2D eigenvalue weighted by Crippen LogP contribution is -2.49. The number of benzene rings is 2. The number of nitrogens with one attached hydrogen (secondary N) is 2. The van der Waals surface area contributed by atoms with Crippen LogP contribution in [0.2, 0.25) is 0 Å². The van der Waals surface area contributed by atoms with Crippen molar-refractivity contribution in [1.82, 2.24) is 10.2 Å². The monoisotopic (exact) mass is 419 g/mol. The lowest BCUT2D eigenvalue weighted by Gasteiger charge is -2.32. The Kier molecular flexibility index (Phi) is 5.50. The molecule has 7 heteroatoms. The molecule has 0 aliphatic carbocycles. The van der Waals surface area contributed by atoms with Gasteiger partial charge in [-0.05, 0) is 30.0 Å². The molecule has 0 saturated heterocycles. The summed E-state index contributed by atoms with van der Waals surface area (Å²) < 4.78 is 5.23. The van der Waals surface area contributed by atoms with E-state index in [4.69, 9.17) is 4.74 Å². The molecule has 2 heterocycles. The largest absolute Gasteiger partial charge is 0.456 e. The van der Waals surface area contributed by atoms with E-state index in [1.54, 1.807) is 0 Å². The lowest BCUT2D eigenvalue weighted by molar-refractivity contribution is -0.136. The van der Waals surface area contributed by atoms with Gasteiger partial charge in [0, 0.05) is 5.69 Å². The minimum Gasteiger partial charge on any atom is -0.456 e. The number of carbonyl (C=O) groups is 3. The van der Waals surface area contributed by atoms with Crippen molar-refractivity contribution in [3.63, 3.8) is 0 Å². The Morgan fingerprint density at radius 3 is 2.58 bits per heavy atom. The third-order valence-corrected chi connectivity index (χ3v) is 5.57. The maximum Gasteiger partial charge on any atom is 0.338 e. The van der Waals surface area contributed by atoms with Gasteiger partial charge in [0.25, 0.3) is 0 Å². The smallest absolute Gasteiger partial charge is 0.338 e. The summed E-state index contributed by atoms with van der Waals surface area (Å²) in [4.78, 5) is 39.4. The van der Waals surface area contributed by atoms with Gasteiger partial charge in [0.15, 0.2) is 0 Å². The third kappa shape index (κ3) is 4.03. The number of ether oxygens (including phenoxy) is 1. The van der Waals surface area contributed by atoms with Gasteiger partial charge in [-0.2, -0.15) is 0 Å². The zero-order valence-electron chi connectivity index (χ0n) is 17.8. The molecule has 2 aromatic rings. The van der Waals surface area contributed by atoms with Crippen LogP contribution in [0, 0.1) is 6.92 Å². The maximum absolute atomic E-state index is 12.9. The number of cyclic esters (lactones) is 1. The normalized spacial score (nSPS) is 18.1. The average Bonchev–Trinajstić information content (AvgIpc) is 3.12. The number of urea groups is 1. The minimum absolute atomic E-state index is 0.0280. The van der Waals surface area contributed by atoms with Crippen LogP contribution in [-0.4, -0.2) is 36.0 Å². The van der Waals surface area contributed by atoms with Gasteiger partial charge in [-0.15, -0.1) is 0 Å². The first-order valence-electron chi connectivity index (χ1n) is 10.3. The molecule has 2 aliphatic rings. The van der Waals surface area contributed by atoms with Crippen molar-refractivity contribution in [2.24, 2.45) is 0 Å². The number of amides is 3. The Morgan fingerprint density at radius 1 is 1.16 bits per heavy atom. The number of hydrogen-bond donors (Lipinski definition) is 2. The first-order valence-corrected chi connectivity index (χ1v) is 10.3. The highest BCUT2D eigenvalue weighted by Gasteiger charge is 2.42. The van der Waals surface area contributed by atoms with E-state index in [1.165, 1.54) is 4.90 Å². The molecule has 0 fully saturated rings. The van der Waals surface area contributed by atoms with Crippen LogP contribution in [0.1, 0.15) is 42.5 Å². The fourth-order valence-electron chi connectivity index (χ4n) is 3.93. The molecule has 7 nitrogen and oxygen atoms in total. The number of para-hydroxylation sites is 1. The van der Waals surface area contributed by atoms with Crippen molar-refractivity contribution in [2.45, 2.75) is 32.7 Å². The van der Waals surface area contributed by atoms with E-state index in [2.05, 4.69) is 10.6 Å². The number of hydrogen-bond acceptors (Lipinski definition) is 4. The van der Waals surface area contributed by atoms with Crippen molar-refractivity contribution in [3.8, 4) is 0 Å². The molecule has 31 heavy (non-hydrogen) atoms. The second-order valence-corrected chi connectivity index (χ2v) is 8.11. The minimum atomic E-state index is -0.598. The molecular weight excluding hydrogens is 394 g/mol. The Hall–Kier alpha value is -3.61. The van der Waals surface area contributed by atoms with Gasteiger partial charge in [-0.1, -0.05) is 61.9 Å². The molecule has 0 bridgehead atoms. The van der Waals surface area contributed by atoms with Crippen molar-refractivity contribution in [2.75, 3.05) is 18.5 Å². The van der Waals surface area contributed by atoms with E-state index in [0.717, 1.165) is 16.7 Å². The summed E-state index contributed by atoms with van der Waals surface area (Å²) in [5.41, 5.74) is 4.41. The maximum atomic E-state index is 12.9. The lowest BCUT2D eigenvalue weighted by atomic mass is 9.95. The fraction of sp³-hybridized carbons (Fsp3) is 0.292. The van der Waals surface area contributed by atoms with Crippen LogP contribution in [0.25, 0.3) is 0 Å². The van der Waals surface area contributed by atoms with Crippen LogP contribution in [0.15, 0.2) is 59.8 Å². The van der Waals surface area contributed by atoms with Gasteiger partial charge in [-0.3, -0.25) is 9.69 Å². The Labute approximate surface area is 181 Å². The van der Waals surface area contributed by atoms with E-state index < -0.39 is 18.0 Å². The topological polar surface area (TPSA) is 87.7 Å². The van der Waals surface area contributed by atoms with E-state index >= 15 is 0 Å². The number of aryl methyl sites for hydroxylation is 1. The number of carbonyl (C=O) groups excluding carboxylic acids is 3. The summed E-state index contributed by atoms with van der Waals surface area (Å²) in [6, 6.07) is 14.1. The van der Waals surface area contributed by atoms with E-state index in [-0.39, 0.29) is 25.0 Å². The highest BCUT2D eigenvalue weighted by Crippen LogP contribution is 2.35. The number of anilines is 1. The molecule has 160 valence electrons. The molecule has 0 radical (unpaired) electrons. The van der Waals surface area contributed by atoms with Gasteiger partial charge >= 0.3 is 12.0 Å². The average molecular weight is 419 g/mol. The molecule has 2 aromatic carbocycles. The molecule has 2 aliphatic heterocycles.